The number of amides is 2. The van der Waals surface area contributed by atoms with Crippen LogP contribution >= 0.6 is 23.5 Å². The zero-order valence-corrected chi connectivity index (χ0v) is 16.4. The quantitative estimate of drug-likeness (QED) is 0.749. The number of piperazine rings is 1. The summed E-state index contributed by atoms with van der Waals surface area (Å²) < 4.78 is 0. The Morgan fingerprint density at radius 3 is 2.40 bits per heavy atom. The molecule has 1 aromatic carbocycles. The minimum Gasteiger partial charge on any atom is -0.361 e. The predicted octanol–water partition coefficient (Wildman–Crippen LogP) is 2.73. The maximum atomic E-state index is 13.1. The van der Waals surface area contributed by atoms with E-state index in [4.69, 9.17) is 0 Å². The number of hydrogen-bond acceptors (Lipinski definition) is 4. The number of rotatable bonds is 5. The van der Waals surface area contributed by atoms with Crippen LogP contribution in [0.2, 0.25) is 0 Å². The van der Waals surface area contributed by atoms with Crippen LogP contribution in [0.1, 0.15) is 19.4 Å². The van der Waals surface area contributed by atoms with Crippen LogP contribution in [-0.4, -0.2) is 39.1 Å². The number of carbonyl (C=O) groups excluding carboxylic acids is 2. The van der Waals surface area contributed by atoms with Gasteiger partial charge in [-0.05, 0) is 30.1 Å². The van der Waals surface area contributed by atoms with E-state index in [0.29, 0.717) is 6.42 Å². The molecule has 0 unspecified atom stereocenters. The summed E-state index contributed by atoms with van der Waals surface area (Å²) in [5, 5.41) is 7.12. The predicted molar refractivity (Wildman–Crippen MR) is 106 cm³/mol. The number of nitrogens with one attached hydrogen (secondary N) is 3. The lowest BCUT2D eigenvalue weighted by molar-refractivity contribution is -0.140. The van der Waals surface area contributed by atoms with E-state index in [0.717, 1.165) is 16.5 Å². The largest absolute Gasteiger partial charge is 0.361 e. The molecule has 0 aliphatic carbocycles. The van der Waals surface area contributed by atoms with E-state index in [1.54, 1.807) is 0 Å². The highest BCUT2D eigenvalue weighted by Gasteiger charge is 2.55. The van der Waals surface area contributed by atoms with Crippen molar-refractivity contribution in [3.63, 3.8) is 0 Å². The number of fused-ring (bicyclic) bond motifs is 1. The third-order valence-corrected chi connectivity index (χ3v) is 7.45. The Labute approximate surface area is 156 Å². The van der Waals surface area contributed by atoms with Crippen molar-refractivity contribution in [2.45, 2.75) is 30.0 Å². The third kappa shape index (κ3) is 2.83. The van der Waals surface area contributed by atoms with E-state index in [-0.39, 0.29) is 17.7 Å². The Bertz CT molecular complexity index is 820. The summed E-state index contributed by atoms with van der Waals surface area (Å²) in [5.41, 5.74) is 2.04. The molecular weight excluding hydrogens is 354 g/mol. The minimum atomic E-state index is -1.00. The number of H-pyrrole nitrogens is 1. The van der Waals surface area contributed by atoms with E-state index < -0.39 is 9.74 Å². The van der Waals surface area contributed by atoms with Crippen LogP contribution < -0.4 is 10.6 Å². The van der Waals surface area contributed by atoms with Gasteiger partial charge in [-0.15, -0.1) is 23.5 Å². The second-order valence-corrected chi connectivity index (χ2v) is 8.73. The maximum Gasteiger partial charge on any atom is 0.258 e. The van der Waals surface area contributed by atoms with Gasteiger partial charge in [0.1, 0.15) is 0 Å². The van der Waals surface area contributed by atoms with Crippen LogP contribution in [0, 0.1) is 5.92 Å². The second-order valence-electron chi connectivity index (χ2n) is 6.57. The molecule has 25 heavy (non-hydrogen) atoms. The molecular formula is C18H23N3O2S2. The van der Waals surface area contributed by atoms with Gasteiger partial charge in [-0.1, -0.05) is 32.0 Å². The van der Waals surface area contributed by atoms with Crippen LogP contribution in [0.5, 0.6) is 0 Å². The van der Waals surface area contributed by atoms with Crippen molar-refractivity contribution in [1.29, 1.82) is 0 Å². The number of benzene rings is 1. The highest BCUT2D eigenvalue weighted by molar-refractivity contribution is 8.01. The van der Waals surface area contributed by atoms with Gasteiger partial charge in [-0.3, -0.25) is 9.59 Å². The first-order valence-corrected chi connectivity index (χ1v) is 10.6. The second kappa shape index (κ2) is 6.61. The molecule has 1 aromatic heterocycles. The molecule has 2 heterocycles. The van der Waals surface area contributed by atoms with Gasteiger partial charge in [-0.25, -0.2) is 0 Å². The molecule has 1 aliphatic heterocycles. The highest BCUT2D eigenvalue weighted by atomic mass is 32.2. The average Bonchev–Trinajstić information content (AvgIpc) is 3.00. The summed E-state index contributed by atoms with van der Waals surface area (Å²) in [6, 6.07) is 7.97. The lowest BCUT2D eigenvalue weighted by Gasteiger charge is -2.46. The number of hydrogen-bond donors (Lipinski definition) is 3. The van der Waals surface area contributed by atoms with Crippen molar-refractivity contribution < 1.29 is 9.59 Å². The van der Waals surface area contributed by atoms with Crippen LogP contribution in [0.3, 0.4) is 0 Å². The first-order valence-electron chi connectivity index (χ1n) is 8.19. The molecule has 134 valence electrons. The summed E-state index contributed by atoms with van der Waals surface area (Å²) >= 11 is 2.74. The van der Waals surface area contributed by atoms with Gasteiger partial charge < -0.3 is 15.6 Å². The Morgan fingerprint density at radius 2 is 1.76 bits per heavy atom. The van der Waals surface area contributed by atoms with Gasteiger partial charge in [-0.2, -0.15) is 0 Å². The Hall–Kier alpha value is -1.60. The molecule has 7 heteroatoms. The molecule has 0 bridgehead atoms. The van der Waals surface area contributed by atoms with Gasteiger partial charge in [0.05, 0.1) is 0 Å². The van der Waals surface area contributed by atoms with Gasteiger partial charge in [0.2, 0.25) is 0 Å². The first-order chi connectivity index (χ1) is 11.9. The normalized spacial score (nSPS) is 26.8. The lowest BCUT2D eigenvalue weighted by atomic mass is 9.95. The molecule has 0 spiro atoms. The summed E-state index contributed by atoms with van der Waals surface area (Å²) in [4.78, 5) is 27.3. The summed E-state index contributed by atoms with van der Waals surface area (Å²) in [6.45, 7) is 3.89. The molecule has 3 rings (SSSR count). The number of aromatic amines is 1. The molecule has 0 saturated carbocycles. The first kappa shape index (κ1) is 18.2. The van der Waals surface area contributed by atoms with Crippen molar-refractivity contribution in [3.05, 3.63) is 36.0 Å². The Balaban J connectivity index is 1.96. The fourth-order valence-corrected chi connectivity index (χ4v) is 4.97. The highest BCUT2D eigenvalue weighted by Crippen LogP contribution is 2.38. The molecule has 0 radical (unpaired) electrons. The van der Waals surface area contributed by atoms with Crippen LogP contribution in [0.15, 0.2) is 30.5 Å². The van der Waals surface area contributed by atoms with E-state index in [2.05, 4.69) is 15.6 Å². The number of aromatic nitrogens is 1. The topological polar surface area (TPSA) is 74.0 Å². The monoisotopic (exact) mass is 377 g/mol. The molecule has 2 atom stereocenters. The number of carbonyl (C=O) groups is 2. The number of para-hydroxylation sites is 1. The fourth-order valence-electron chi connectivity index (χ4n) is 3.33. The maximum absolute atomic E-state index is 13.1. The molecule has 2 aromatic rings. The standard InChI is InChI=1S/C18H23N3O2S2/c1-11(2)18(25-4)16(23)20-17(24-3,15(22)21-18)9-12-10-19-14-8-6-5-7-13(12)14/h5-8,10-11,19H,9H2,1-4H3,(H,20,23)(H,21,22)/t17-,18-/m1/s1. The van der Waals surface area contributed by atoms with Gasteiger partial charge in [0.25, 0.3) is 11.8 Å². The fraction of sp³-hybridized carbons (Fsp3) is 0.444. The lowest BCUT2D eigenvalue weighted by Crippen LogP contribution is -2.74. The molecule has 2 amide bonds. The summed E-state index contributed by atoms with van der Waals surface area (Å²) in [6.07, 6.45) is 6.06. The Kier molecular flexibility index (Phi) is 4.81. The van der Waals surface area contributed by atoms with Crippen LogP contribution in [0.25, 0.3) is 10.9 Å². The Morgan fingerprint density at radius 1 is 1.04 bits per heavy atom. The zero-order chi connectivity index (χ0) is 18.2. The summed E-state index contributed by atoms with van der Waals surface area (Å²) in [5.74, 6) is -0.295. The summed E-state index contributed by atoms with van der Waals surface area (Å²) in [7, 11) is 0. The van der Waals surface area contributed by atoms with Crippen molar-refractivity contribution in [2.75, 3.05) is 12.5 Å². The minimum absolute atomic E-state index is 0.0144. The van der Waals surface area contributed by atoms with E-state index in [9.17, 15) is 9.59 Å². The average molecular weight is 378 g/mol. The van der Waals surface area contributed by atoms with Gasteiger partial charge in [0.15, 0.2) is 9.74 Å². The van der Waals surface area contributed by atoms with Crippen molar-refractivity contribution in [1.82, 2.24) is 15.6 Å². The van der Waals surface area contributed by atoms with Crippen molar-refractivity contribution in [3.8, 4) is 0 Å². The third-order valence-electron chi connectivity index (χ3n) is 4.92. The van der Waals surface area contributed by atoms with Crippen LogP contribution in [-0.2, 0) is 16.0 Å². The molecule has 1 fully saturated rings. The van der Waals surface area contributed by atoms with Crippen LogP contribution in [0.4, 0.5) is 0 Å². The smallest absolute Gasteiger partial charge is 0.258 e. The SMILES string of the molecule is CS[C@@]1(C(C)C)NC(=O)[C@@](Cc2c[nH]c3ccccc23)(SC)NC1=O. The zero-order valence-electron chi connectivity index (χ0n) is 14.8. The molecule has 1 saturated heterocycles. The van der Waals surface area contributed by atoms with E-state index in [1.807, 2.05) is 56.8 Å². The van der Waals surface area contributed by atoms with E-state index in [1.165, 1.54) is 23.5 Å². The molecule has 5 nitrogen and oxygen atoms in total. The van der Waals surface area contributed by atoms with Gasteiger partial charge >= 0.3 is 0 Å². The van der Waals surface area contributed by atoms with E-state index >= 15 is 0 Å². The number of thioether (sulfide) groups is 2. The van der Waals surface area contributed by atoms with Gasteiger partial charge in [0, 0.05) is 23.5 Å². The van der Waals surface area contributed by atoms with Crippen molar-refractivity contribution in [2.24, 2.45) is 5.92 Å². The van der Waals surface area contributed by atoms with Crippen molar-refractivity contribution >= 4 is 46.2 Å². The molecule has 3 N–H and O–H groups in total. The molecule has 1 aliphatic rings.